The van der Waals surface area contributed by atoms with E-state index in [1.54, 1.807) is 6.20 Å². The summed E-state index contributed by atoms with van der Waals surface area (Å²) in [6, 6.07) is 19.9. The van der Waals surface area contributed by atoms with Gasteiger partial charge in [-0.25, -0.2) is 0 Å². The zero-order chi connectivity index (χ0) is 27.4. The van der Waals surface area contributed by atoms with Gasteiger partial charge in [0.2, 0.25) is 0 Å². The van der Waals surface area contributed by atoms with E-state index >= 15 is 0 Å². The number of nitrogens with one attached hydrogen (secondary N) is 1. The summed E-state index contributed by atoms with van der Waals surface area (Å²) in [6.45, 7) is 4.47. The maximum absolute atomic E-state index is 13.3. The van der Waals surface area contributed by atoms with Gasteiger partial charge in [0, 0.05) is 40.6 Å². The molecule has 3 aromatic rings. The van der Waals surface area contributed by atoms with Gasteiger partial charge in [-0.05, 0) is 85.4 Å². The summed E-state index contributed by atoms with van der Waals surface area (Å²) in [5.41, 5.74) is 10.3. The molecule has 0 saturated heterocycles. The third kappa shape index (κ3) is 6.34. The number of halogens is 1. The smallest absolute Gasteiger partial charge is 0.136 e. The number of rotatable bonds is 7. The Labute approximate surface area is 236 Å². The molecule has 1 aliphatic carbocycles. The third-order valence-electron chi connectivity index (χ3n) is 8.30. The minimum Gasteiger partial charge on any atom is -0.354 e. The number of aromatic nitrogens is 1. The van der Waals surface area contributed by atoms with Gasteiger partial charge in [-0.3, -0.25) is 9.79 Å². The highest BCUT2D eigenvalue weighted by Gasteiger charge is 2.31. The normalized spacial score (nSPS) is 21.3. The second-order valence-corrected chi connectivity index (χ2v) is 11.6. The summed E-state index contributed by atoms with van der Waals surface area (Å²) >= 11 is 6.04. The number of ketones is 1. The molecular formula is C34H34ClN3O. The lowest BCUT2D eigenvalue weighted by molar-refractivity contribution is -0.123. The molecule has 1 fully saturated rings. The van der Waals surface area contributed by atoms with Crippen molar-refractivity contribution in [3.63, 3.8) is 0 Å². The van der Waals surface area contributed by atoms with Gasteiger partial charge in [0.1, 0.15) is 5.78 Å². The van der Waals surface area contributed by atoms with Gasteiger partial charge < -0.3 is 4.98 Å². The van der Waals surface area contributed by atoms with E-state index in [-0.39, 0.29) is 5.92 Å². The molecule has 2 aromatic carbocycles. The fourth-order valence-corrected chi connectivity index (χ4v) is 6.19. The maximum Gasteiger partial charge on any atom is 0.136 e. The summed E-state index contributed by atoms with van der Waals surface area (Å²) < 4.78 is 0. The molecule has 2 unspecified atom stereocenters. The maximum atomic E-state index is 13.3. The molecule has 1 aromatic heterocycles. The molecule has 0 spiro atoms. The lowest BCUT2D eigenvalue weighted by atomic mass is 9.86. The van der Waals surface area contributed by atoms with Gasteiger partial charge in [0.05, 0.1) is 29.2 Å². The van der Waals surface area contributed by atoms with Crippen molar-refractivity contribution in [1.29, 1.82) is 5.26 Å². The zero-order valence-electron chi connectivity index (χ0n) is 22.6. The molecule has 0 bridgehead atoms. The largest absolute Gasteiger partial charge is 0.354 e. The quantitative estimate of drug-likeness (QED) is 0.243. The monoisotopic (exact) mass is 535 g/mol. The molecule has 39 heavy (non-hydrogen) atoms. The van der Waals surface area contributed by atoms with Crippen molar-refractivity contribution >= 4 is 29.2 Å². The van der Waals surface area contributed by atoms with Gasteiger partial charge in [-0.2, -0.15) is 5.26 Å². The number of benzene rings is 2. The first-order valence-electron chi connectivity index (χ1n) is 13.9. The van der Waals surface area contributed by atoms with Crippen LogP contribution in [0, 0.1) is 29.1 Å². The lowest BCUT2D eigenvalue weighted by Crippen LogP contribution is -2.17. The van der Waals surface area contributed by atoms with Crippen LogP contribution in [-0.2, 0) is 4.79 Å². The number of nitrogens with zero attached hydrogens (tertiary/aromatic N) is 2. The predicted octanol–water partition coefficient (Wildman–Crippen LogP) is 8.73. The fourth-order valence-electron chi connectivity index (χ4n) is 6.07. The third-order valence-corrected chi connectivity index (χ3v) is 8.55. The van der Waals surface area contributed by atoms with Crippen LogP contribution in [0.3, 0.4) is 0 Å². The van der Waals surface area contributed by atoms with Crippen LogP contribution in [-0.4, -0.2) is 16.5 Å². The Hall–Kier alpha value is -3.64. The lowest BCUT2D eigenvalue weighted by Gasteiger charge is -2.19. The average molecular weight is 536 g/mol. The van der Waals surface area contributed by atoms with Crippen molar-refractivity contribution in [2.75, 3.05) is 0 Å². The Balaban J connectivity index is 1.27. The Morgan fingerprint density at radius 3 is 2.67 bits per heavy atom. The van der Waals surface area contributed by atoms with Crippen molar-refractivity contribution in [2.45, 2.75) is 58.3 Å². The molecule has 2 aliphatic rings. The highest BCUT2D eigenvalue weighted by molar-refractivity contribution is 6.30. The standard InChI is InChI=1S/C34H34ClN3O/c1-22-18-27(33(39)16-5-23(2)25-12-14-29(35)15-13-25)10-11-28(19-22)34-30-20-32(38-31(30)4-3-17-37-34)26-8-6-24(21-36)7-9-26/h4,6-9,12-15,17,20,22-23,27-28,38H,5,10-11,16,18-19H2,1-2H3/t22-,23+,27?,28?/m0/s1. The van der Waals surface area contributed by atoms with E-state index in [1.807, 2.05) is 42.5 Å². The van der Waals surface area contributed by atoms with Gasteiger partial charge in [-0.1, -0.05) is 55.4 Å². The van der Waals surface area contributed by atoms with Crippen LogP contribution < -0.4 is 0 Å². The van der Waals surface area contributed by atoms with E-state index in [9.17, 15) is 4.79 Å². The number of hydrogen-bond acceptors (Lipinski definition) is 3. The summed E-state index contributed by atoms with van der Waals surface area (Å²) in [6.07, 6.45) is 9.03. The van der Waals surface area contributed by atoms with Crippen molar-refractivity contribution in [3.05, 3.63) is 93.9 Å². The molecule has 0 amide bonds. The number of carbonyl (C=O) groups excluding carboxylic acids is 1. The van der Waals surface area contributed by atoms with Gasteiger partial charge in [0.15, 0.2) is 0 Å². The summed E-state index contributed by atoms with van der Waals surface area (Å²) in [4.78, 5) is 21.7. The van der Waals surface area contributed by atoms with E-state index in [2.05, 4.69) is 48.8 Å². The molecule has 1 aliphatic heterocycles. The van der Waals surface area contributed by atoms with E-state index in [0.29, 0.717) is 35.5 Å². The Morgan fingerprint density at radius 1 is 1.15 bits per heavy atom. The molecule has 2 heterocycles. The first-order valence-corrected chi connectivity index (χ1v) is 14.3. The van der Waals surface area contributed by atoms with E-state index in [4.69, 9.17) is 21.9 Å². The number of hydrogen-bond donors (Lipinski definition) is 1. The number of aliphatic imine (C=N–C) groups is 1. The second-order valence-electron chi connectivity index (χ2n) is 11.2. The van der Waals surface area contributed by atoms with E-state index < -0.39 is 0 Å². The molecule has 1 saturated carbocycles. The van der Waals surface area contributed by atoms with Crippen LogP contribution in [0.25, 0.3) is 17.3 Å². The molecule has 5 rings (SSSR count). The molecular weight excluding hydrogens is 502 g/mol. The second kappa shape index (κ2) is 12.0. The molecule has 1 N–H and O–H groups in total. The van der Waals surface area contributed by atoms with Crippen molar-refractivity contribution in [2.24, 2.45) is 22.7 Å². The minimum atomic E-state index is 0.113. The number of fused-ring (bicyclic) bond motifs is 1. The Bertz CT molecular complexity index is 1470. The topological polar surface area (TPSA) is 69.0 Å². The van der Waals surface area contributed by atoms with E-state index in [1.165, 1.54) is 5.56 Å². The number of aromatic amines is 1. The number of H-pyrrole nitrogens is 1. The molecule has 198 valence electrons. The van der Waals surface area contributed by atoms with Crippen molar-refractivity contribution < 1.29 is 4.79 Å². The first kappa shape index (κ1) is 26.9. The molecule has 0 radical (unpaired) electrons. The van der Waals surface area contributed by atoms with E-state index in [0.717, 1.165) is 65.4 Å². The molecule has 5 heteroatoms. The number of nitriles is 1. The van der Waals surface area contributed by atoms with Crippen LogP contribution >= 0.6 is 11.6 Å². The fraction of sp³-hybridized carbons (Fsp3) is 0.353. The number of Topliss-reactive ketones (excluding diaryl/α,β-unsaturated/α-hetero) is 1. The highest BCUT2D eigenvalue weighted by Crippen LogP contribution is 2.37. The Kier molecular flexibility index (Phi) is 8.32. The summed E-state index contributed by atoms with van der Waals surface area (Å²) in [5, 5.41) is 9.87. The molecule has 4 nitrogen and oxygen atoms in total. The van der Waals surface area contributed by atoms with Gasteiger partial charge in [-0.15, -0.1) is 0 Å². The summed E-state index contributed by atoms with van der Waals surface area (Å²) in [7, 11) is 0. The Morgan fingerprint density at radius 2 is 1.92 bits per heavy atom. The van der Waals surface area contributed by atoms with Crippen LogP contribution in [0.15, 0.2) is 71.5 Å². The molecule has 4 atom stereocenters. The SMILES string of the molecule is C[C@H]1CC(C(=O)CC[C@@H](C)c2ccc(Cl)cc2)CCC(C2=NC=C=Cc3[nH]c(-c4ccc(C#N)cc4)cc32)C1. The van der Waals surface area contributed by atoms with Crippen LogP contribution in [0.1, 0.15) is 80.7 Å². The van der Waals surface area contributed by atoms with Crippen molar-refractivity contribution in [3.8, 4) is 17.3 Å². The zero-order valence-corrected chi connectivity index (χ0v) is 23.3. The van der Waals surface area contributed by atoms with Crippen LogP contribution in [0.4, 0.5) is 0 Å². The average Bonchev–Trinajstić information content (AvgIpc) is 3.13. The van der Waals surface area contributed by atoms with Gasteiger partial charge in [0.25, 0.3) is 0 Å². The van der Waals surface area contributed by atoms with Crippen LogP contribution in [0.2, 0.25) is 5.02 Å². The van der Waals surface area contributed by atoms with Gasteiger partial charge >= 0.3 is 0 Å². The highest BCUT2D eigenvalue weighted by atomic mass is 35.5. The van der Waals surface area contributed by atoms with Crippen molar-refractivity contribution in [1.82, 2.24) is 4.98 Å². The van der Waals surface area contributed by atoms with Crippen LogP contribution in [0.5, 0.6) is 0 Å². The predicted molar refractivity (Wildman–Crippen MR) is 159 cm³/mol. The minimum absolute atomic E-state index is 0.113. The number of carbonyl (C=O) groups is 1. The summed E-state index contributed by atoms with van der Waals surface area (Å²) in [5.74, 6) is 1.58. The first-order chi connectivity index (χ1) is 18.9.